The average Bonchev–Trinajstić information content (AvgIpc) is 2.89. The Balaban J connectivity index is 2.16. The fourth-order valence-electron chi connectivity index (χ4n) is 2.91. The van der Waals surface area contributed by atoms with Crippen LogP contribution in [0.5, 0.6) is 0 Å². The van der Waals surface area contributed by atoms with Crippen LogP contribution in [0, 0.1) is 17.0 Å². The third kappa shape index (κ3) is 3.52. The van der Waals surface area contributed by atoms with Crippen molar-refractivity contribution in [1.29, 1.82) is 0 Å². The van der Waals surface area contributed by atoms with E-state index in [0.29, 0.717) is 13.0 Å². The first-order valence-electron chi connectivity index (χ1n) is 7.50. The number of halogens is 2. The van der Waals surface area contributed by atoms with Gasteiger partial charge in [-0.15, -0.1) is 0 Å². The van der Waals surface area contributed by atoms with E-state index in [0.717, 1.165) is 17.0 Å². The maximum atomic E-state index is 13.9. The largest absolute Gasteiger partial charge is 0.396 e. The molecule has 1 aromatic rings. The lowest BCUT2D eigenvalue weighted by atomic mass is 9.92. The number of aliphatic hydroxyl groups excluding tert-OH is 2. The lowest BCUT2D eigenvalue weighted by Crippen LogP contribution is -2.46. The van der Waals surface area contributed by atoms with Crippen LogP contribution in [0.1, 0.15) is 13.3 Å². The third-order valence-electron chi connectivity index (χ3n) is 4.31. The lowest BCUT2D eigenvalue weighted by Gasteiger charge is -2.33. The highest BCUT2D eigenvalue weighted by Crippen LogP contribution is 2.30. The van der Waals surface area contributed by atoms with Crippen LogP contribution >= 0.6 is 0 Å². The predicted molar refractivity (Wildman–Crippen MR) is 82.0 cm³/mol. The van der Waals surface area contributed by atoms with Crippen LogP contribution in [0.25, 0.3) is 0 Å². The molecule has 1 aliphatic heterocycles. The summed E-state index contributed by atoms with van der Waals surface area (Å²) in [5, 5.41) is 18.7. The Morgan fingerprint density at radius 1 is 1.30 bits per heavy atom. The third-order valence-corrected chi connectivity index (χ3v) is 4.31. The van der Waals surface area contributed by atoms with Gasteiger partial charge in [-0.1, -0.05) is 13.0 Å². The summed E-state index contributed by atoms with van der Waals surface area (Å²) in [4.78, 5) is 15.4. The van der Waals surface area contributed by atoms with Crippen LogP contribution in [-0.4, -0.2) is 60.4 Å². The zero-order valence-electron chi connectivity index (χ0n) is 13.3. The topological polar surface area (TPSA) is 64.0 Å². The molecule has 23 heavy (non-hydrogen) atoms. The first-order chi connectivity index (χ1) is 10.8. The van der Waals surface area contributed by atoms with Gasteiger partial charge in [0.05, 0.1) is 19.3 Å². The minimum Gasteiger partial charge on any atom is -0.396 e. The van der Waals surface area contributed by atoms with E-state index in [4.69, 9.17) is 0 Å². The lowest BCUT2D eigenvalue weighted by molar-refractivity contribution is -0.122. The monoisotopic (exact) mass is 328 g/mol. The van der Waals surface area contributed by atoms with Gasteiger partial charge < -0.3 is 15.1 Å². The molecule has 0 radical (unpaired) electrons. The van der Waals surface area contributed by atoms with Gasteiger partial charge in [-0.05, 0) is 25.6 Å². The summed E-state index contributed by atoms with van der Waals surface area (Å²) in [7, 11) is 1.70. The number of hydrogen-bond donors (Lipinski definition) is 2. The Morgan fingerprint density at radius 2 is 1.87 bits per heavy atom. The number of aliphatic hydroxyl groups is 2. The minimum absolute atomic E-state index is 0.222. The molecule has 1 amide bonds. The summed E-state index contributed by atoms with van der Waals surface area (Å²) < 4.78 is 27.7. The van der Waals surface area contributed by atoms with Gasteiger partial charge in [-0.3, -0.25) is 9.69 Å². The van der Waals surface area contributed by atoms with Crippen molar-refractivity contribution in [2.75, 3.05) is 38.3 Å². The Bertz CT molecular complexity index is 558. The maximum absolute atomic E-state index is 13.9. The first-order valence-corrected chi connectivity index (χ1v) is 7.50. The van der Waals surface area contributed by atoms with E-state index in [1.165, 1.54) is 6.07 Å². The summed E-state index contributed by atoms with van der Waals surface area (Å²) >= 11 is 0. The quantitative estimate of drug-likeness (QED) is 0.818. The maximum Gasteiger partial charge on any atom is 0.244 e. The smallest absolute Gasteiger partial charge is 0.244 e. The van der Waals surface area contributed by atoms with Crippen molar-refractivity contribution in [2.24, 2.45) is 5.41 Å². The Labute approximate surface area is 134 Å². The molecule has 1 unspecified atom stereocenters. The second-order valence-electron chi connectivity index (χ2n) is 6.41. The molecule has 1 saturated heterocycles. The van der Waals surface area contributed by atoms with Crippen LogP contribution < -0.4 is 4.90 Å². The van der Waals surface area contributed by atoms with Crippen LogP contribution in [-0.2, 0) is 4.79 Å². The molecule has 7 heteroatoms. The highest BCUT2D eigenvalue weighted by atomic mass is 19.1. The van der Waals surface area contributed by atoms with Gasteiger partial charge >= 0.3 is 0 Å². The molecule has 1 heterocycles. The summed E-state index contributed by atoms with van der Waals surface area (Å²) in [5.41, 5.74) is -1.06. The van der Waals surface area contributed by atoms with Crippen molar-refractivity contribution in [3.05, 3.63) is 29.8 Å². The number of nitrogens with zero attached hydrogens (tertiary/aromatic N) is 2. The van der Waals surface area contributed by atoms with Crippen molar-refractivity contribution in [2.45, 2.75) is 19.4 Å². The van der Waals surface area contributed by atoms with Crippen molar-refractivity contribution < 1.29 is 23.8 Å². The molecular weight excluding hydrogens is 306 g/mol. The van der Waals surface area contributed by atoms with Crippen molar-refractivity contribution in [1.82, 2.24) is 4.90 Å². The van der Waals surface area contributed by atoms with E-state index in [-0.39, 0.29) is 31.4 Å². The first kappa shape index (κ1) is 17.8. The van der Waals surface area contributed by atoms with Crippen molar-refractivity contribution in [3.63, 3.8) is 0 Å². The van der Waals surface area contributed by atoms with Gasteiger partial charge in [0.2, 0.25) is 5.91 Å². The molecule has 2 rings (SSSR count). The number of benzene rings is 1. The van der Waals surface area contributed by atoms with Crippen LogP contribution in [0.15, 0.2) is 18.2 Å². The van der Waals surface area contributed by atoms with E-state index < -0.39 is 23.1 Å². The summed E-state index contributed by atoms with van der Waals surface area (Å²) in [6.45, 7) is 1.78. The van der Waals surface area contributed by atoms with Gasteiger partial charge in [-0.25, -0.2) is 8.78 Å². The minimum atomic E-state index is -0.766. The summed E-state index contributed by atoms with van der Waals surface area (Å²) in [6.07, 6.45) is 0.427. The van der Waals surface area contributed by atoms with Gasteiger partial charge in [-0.2, -0.15) is 0 Å². The average molecular weight is 328 g/mol. The molecule has 1 fully saturated rings. The van der Waals surface area contributed by atoms with Crippen LogP contribution in [0.2, 0.25) is 0 Å². The van der Waals surface area contributed by atoms with E-state index in [1.807, 2.05) is 0 Å². The molecule has 128 valence electrons. The molecule has 0 bridgehead atoms. The Hall–Kier alpha value is -1.57. The SMILES string of the molecule is CN(CC(C)(CO)CO)C1CCN(c2c(F)cccc2F)C1=O. The molecule has 1 atom stereocenters. The normalized spacial score (nSPS) is 19.0. The van der Waals surface area contributed by atoms with Crippen LogP contribution in [0.4, 0.5) is 14.5 Å². The van der Waals surface area contributed by atoms with E-state index in [1.54, 1.807) is 18.9 Å². The molecule has 1 aliphatic rings. The Kier molecular flexibility index (Phi) is 5.33. The second-order valence-corrected chi connectivity index (χ2v) is 6.41. The molecule has 5 nitrogen and oxygen atoms in total. The standard InChI is InChI=1S/C16H22F2N2O3/c1-16(9-21,10-22)8-19(2)13-6-7-20(15(13)23)14-11(17)4-3-5-12(14)18/h3-5,13,21-22H,6-10H2,1-2H3. The van der Waals surface area contributed by atoms with Gasteiger partial charge in [0.1, 0.15) is 17.3 Å². The molecule has 0 spiro atoms. The molecule has 2 N–H and O–H groups in total. The molecular formula is C16H22F2N2O3. The molecule has 1 aromatic carbocycles. The number of hydrogen-bond acceptors (Lipinski definition) is 4. The van der Waals surface area contributed by atoms with E-state index in [9.17, 15) is 23.8 Å². The number of carbonyl (C=O) groups excluding carboxylic acids is 1. The fraction of sp³-hybridized carbons (Fsp3) is 0.562. The zero-order valence-corrected chi connectivity index (χ0v) is 13.3. The number of carbonyl (C=O) groups is 1. The van der Waals surface area contributed by atoms with Crippen molar-refractivity contribution >= 4 is 11.6 Å². The second kappa shape index (κ2) is 6.90. The predicted octanol–water partition coefficient (Wildman–Crippen LogP) is 0.993. The molecule has 0 saturated carbocycles. The number of para-hydroxylation sites is 1. The molecule has 0 aliphatic carbocycles. The van der Waals surface area contributed by atoms with Gasteiger partial charge in [0.15, 0.2) is 0 Å². The summed E-state index contributed by atoms with van der Waals surface area (Å²) in [6, 6.07) is 2.97. The zero-order chi connectivity index (χ0) is 17.2. The number of likely N-dealkylation sites (N-methyl/N-ethyl adjacent to an activating group) is 1. The van der Waals surface area contributed by atoms with Gasteiger partial charge in [0.25, 0.3) is 0 Å². The van der Waals surface area contributed by atoms with Crippen molar-refractivity contribution in [3.8, 4) is 0 Å². The molecule has 0 aromatic heterocycles. The number of rotatable bonds is 6. The highest BCUT2D eigenvalue weighted by molar-refractivity contribution is 5.99. The highest BCUT2D eigenvalue weighted by Gasteiger charge is 2.39. The fourth-order valence-corrected chi connectivity index (χ4v) is 2.91. The number of anilines is 1. The van der Waals surface area contributed by atoms with E-state index >= 15 is 0 Å². The Morgan fingerprint density at radius 3 is 2.39 bits per heavy atom. The van der Waals surface area contributed by atoms with E-state index in [2.05, 4.69) is 0 Å². The van der Waals surface area contributed by atoms with Gasteiger partial charge in [0, 0.05) is 18.5 Å². The summed E-state index contributed by atoms with van der Waals surface area (Å²) in [5.74, 6) is -1.91. The van der Waals surface area contributed by atoms with Crippen LogP contribution in [0.3, 0.4) is 0 Å². The number of amides is 1.